The molecule has 0 aliphatic rings. The van der Waals surface area contributed by atoms with Crippen molar-refractivity contribution in [3.05, 3.63) is 12.7 Å². The van der Waals surface area contributed by atoms with Gasteiger partial charge in [0.15, 0.2) is 0 Å². The van der Waals surface area contributed by atoms with Gasteiger partial charge >= 0.3 is 18.1 Å². The predicted molar refractivity (Wildman–Crippen MR) is 36.9 cm³/mol. The van der Waals surface area contributed by atoms with Gasteiger partial charge in [-0.3, -0.25) is 0 Å². The highest BCUT2D eigenvalue weighted by atomic mass is 35.5. The molecule has 82 valence electrons. The van der Waals surface area contributed by atoms with E-state index in [1.165, 1.54) is 0 Å². The first kappa shape index (κ1) is 13.2. The van der Waals surface area contributed by atoms with E-state index < -0.39 is 23.6 Å². The topological polar surface area (TPSA) is 26.3 Å². The quantitative estimate of drug-likeness (QED) is 0.327. The number of halogens is 6. The molecule has 14 heavy (non-hydrogen) atoms. The summed E-state index contributed by atoms with van der Waals surface area (Å²) in [5.74, 6) is -6.76. The van der Waals surface area contributed by atoms with E-state index in [4.69, 9.17) is 0 Å². The first-order valence-corrected chi connectivity index (χ1v) is 3.48. The van der Waals surface area contributed by atoms with Crippen LogP contribution in [0.2, 0.25) is 0 Å². The molecule has 0 amide bonds. The van der Waals surface area contributed by atoms with Crippen LogP contribution in [0.3, 0.4) is 0 Å². The first-order chi connectivity index (χ1) is 6.13. The fraction of sp³-hybridized carbons (Fsp3) is 0.500. The number of carbonyl (C=O) groups excluding carboxylic acids is 1. The minimum atomic E-state index is -5.87. The maximum atomic E-state index is 12.3. The molecule has 0 rings (SSSR count). The van der Waals surface area contributed by atoms with Gasteiger partial charge in [0.25, 0.3) is 0 Å². The smallest absolute Gasteiger partial charge is 0.436 e. The van der Waals surface area contributed by atoms with Gasteiger partial charge in [0, 0.05) is 6.08 Å². The summed E-state index contributed by atoms with van der Waals surface area (Å²) in [5, 5.41) is 0. The molecule has 0 bridgehead atoms. The molecule has 0 heterocycles. The van der Waals surface area contributed by atoms with Crippen molar-refractivity contribution in [3.63, 3.8) is 0 Å². The summed E-state index contributed by atoms with van der Waals surface area (Å²) >= 11 is 4.57. The van der Waals surface area contributed by atoms with Gasteiger partial charge in [-0.1, -0.05) is 18.2 Å². The average Bonchev–Trinajstić information content (AvgIpc) is 2.01. The zero-order chi connectivity index (χ0) is 11.6. The van der Waals surface area contributed by atoms with Gasteiger partial charge in [-0.05, 0) is 0 Å². The molecule has 0 aliphatic carbocycles. The SMILES string of the molecule is C=CC(=O)OC(Cl)C(F)(F)C(F)(F)F. The number of esters is 1. The van der Waals surface area contributed by atoms with E-state index in [1.54, 1.807) is 0 Å². The fourth-order valence-electron chi connectivity index (χ4n) is 0.353. The molecular weight excluding hydrogens is 235 g/mol. The third-order valence-electron chi connectivity index (χ3n) is 1.05. The lowest BCUT2D eigenvalue weighted by Gasteiger charge is -2.23. The normalized spacial score (nSPS) is 14.7. The van der Waals surface area contributed by atoms with E-state index >= 15 is 0 Å². The minimum absolute atomic E-state index is 0.418. The predicted octanol–water partition coefficient (Wildman–Crippen LogP) is 2.48. The van der Waals surface area contributed by atoms with Gasteiger partial charge in [0.1, 0.15) is 0 Å². The van der Waals surface area contributed by atoms with Crippen LogP contribution in [-0.2, 0) is 9.53 Å². The van der Waals surface area contributed by atoms with Crippen LogP contribution in [0.25, 0.3) is 0 Å². The Morgan fingerprint density at radius 2 is 1.79 bits per heavy atom. The summed E-state index contributed by atoms with van der Waals surface area (Å²) in [4.78, 5) is 10.3. The molecule has 0 aromatic heterocycles. The zero-order valence-corrected chi connectivity index (χ0v) is 7.20. The van der Waals surface area contributed by atoms with Crippen LogP contribution in [0, 0.1) is 0 Å². The van der Waals surface area contributed by atoms with Crippen molar-refractivity contribution >= 4 is 17.6 Å². The highest BCUT2D eigenvalue weighted by Crippen LogP contribution is 2.40. The lowest BCUT2D eigenvalue weighted by Crippen LogP contribution is -2.46. The lowest BCUT2D eigenvalue weighted by molar-refractivity contribution is -0.301. The summed E-state index contributed by atoms with van der Waals surface area (Å²) in [7, 11) is 0. The Balaban J connectivity index is 4.59. The molecule has 0 fully saturated rings. The summed E-state index contributed by atoms with van der Waals surface area (Å²) in [6.07, 6.45) is -5.46. The Kier molecular flexibility index (Phi) is 3.87. The molecule has 0 saturated carbocycles. The summed E-state index contributed by atoms with van der Waals surface area (Å²) in [6, 6.07) is 0. The lowest BCUT2D eigenvalue weighted by atomic mass is 10.3. The van der Waals surface area contributed by atoms with Crippen molar-refractivity contribution in [2.45, 2.75) is 17.7 Å². The molecule has 0 aliphatic heterocycles. The molecule has 0 saturated heterocycles. The Hall–Kier alpha value is -0.850. The molecule has 0 aromatic rings. The van der Waals surface area contributed by atoms with Gasteiger partial charge in [0.2, 0.25) is 5.56 Å². The molecule has 8 heteroatoms. The number of hydrogen-bond donors (Lipinski definition) is 0. The minimum Gasteiger partial charge on any atom is -0.436 e. The second-order valence-electron chi connectivity index (χ2n) is 2.08. The van der Waals surface area contributed by atoms with E-state index in [-0.39, 0.29) is 0 Å². The number of carbonyl (C=O) groups is 1. The maximum Gasteiger partial charge on any atom is 0.458 e. The molecule has 1 unspecified atom stereocenters. The van der Waals surface area contributed by atoms with Gasteiger partial charge in [-0.25, -0.2) is 4.79 Å². The van der Waals surface area contributed by atoms with Crippen molar-refractivity contribution in [1.82, 2.24) is 0 Å². The Morgan fingerprint density at radius 1 is 1.36 bits per heavy atom. The molecule has 0 spiro atoms. The highest BCUT2D eigenvalue weighted by molar-refractivity contribution is 6.21. The number of rotatable bonds is 3. The average molecular weight is 239 g/mol. The van der Waals surface area contributed by atoms with Crippen LogP contribution in [-0.4, -0.2) is 23.6 Å². The second kappa shape index (κ2) is 4.12. The van der Waals surface area contributed by atoms with Crippen LogP contribution < -0.4 is 0 Å². The Bertz CT molecular complexity index is 237. The van der Waals surface area contributed by atoms with Crippen LogP contribution in [0.5, 0.6) is 0 Å². The van der Waals surface area contributed by atoms with Gasteiger partial charge in [-0.15, -0.1) is 0 Å². The number of hydrogen-bond acceptors (Lipinski definition) is 2. The van der Waals surface area contributed by atoms with E-state index in [2.05, 4.69) is 22.9 Å². The van der Waals surface area contributed by atoms with Crippen LogP contribution in [0.4, 0.5) is 22.0 Å². The second-order valence-corrected chi connectivity index (χ2v) is 2.47. The molecule has 0 radical (unpaired) electrons. The van der Waals surface area contributed by atoms with E-state index in [1.807, 2.05) is 0 Å². The highest BCUT2D eigenvalue weighted by Gasteiger charge is 2.64. The summed E-state index contributed by atoms with van der Waals surface area (Å²) in [6.45, 7) is 2.80. The van der Waals surface area contributed by atoms with Gasteiger partial charge < -0.3 is 4.74 Å². The molecular formula is C6H4ClF5O2. The van der Waals surface area contributed by atoms with Crippen molar-refractivity contribution in [2.75, 3.05) is 0 Å². The van der Waals surface area contributed by atoms with E-state index in [0.717, 1.165) is 0 Å². The van der Waals surface area contributed by atoms with Gasteiger partial charge in [0.05, 0.1) is 0 Å². The number of ether oxygens (including phenoxy) is 1. The third-order valence-corrected chi connectivity index (χ3v) is 1.41. The zero-order valence-electron chi connectivity index (χ0n) is 6.45. The fourth-order valence-corrected chi connectivity index (χ4v) is 0.564. The summed E-state index contributed by atoms with van der Waals surface area (Å²) in [5.41, 5.74) is -3.10. The Morgan fingerprint density at radius 3 is 2.07 bits per heavy atom. The van der Waals surface area contributed by atoms with Crippen LogP contribution in [0.15, 0.2) is 12.7 Å². The largest absolute Gasteiger partial charge is 0.458 e. The first-order valence-electron chi connectivity index (χ1n) is 3.04. The van der Waals surface area contributed by atoms with Crippen molar-refractivity contribution in [1.29, 1.82) is 0 Å². The summed E-state index contributed by atoms with van der Waals surface area (Å²) < 4.78 is 62.8. The van der Waals surface area contributed by atoms with Crippen molar-refractivity contribution < 1.29 is 31.5 Å². The number of alkyl halides is 6. The standard InChI is InChI=1S/C6H4ClF5O2/c1-2-3(13)14-4(7)5(8,9)6(10,11)12/h2,4H,1H2. The Labute approximate surface area is 80.3 Å². The van der Waals surface area contributed by atoms with Crippen LogP contribution >= 0.6 is 11.6 Å². The molecule has 2 nitrogen and oxygen atoms in total. The maximum absolute atomic E-state index is 12.3. The molecule has 0 aromatic carbocycles. The monoisotopic (exact) mass is 238 g/mol. The third kappa shape index (κ3) is 2.83. The van der Waals surface area contributed by atoms with Crippen LogP contribution in [0.1, 0.15) is 0 Å². The van der Waals surface area contributed by atoms with Crippen molar-refractivity contribution in [2.24, 2.45) is 0 Å². The van der Waals surface area contributed by atoms with Gasteiger partial charge in [-0.2, -0.15) is 22.0 Å². The molecule has 1 atom stereocenters. The van der Waals surface area contributed by atoms with E-state index in [9.17, 15) is 26.7 Å². The van der Waals surface area contributed by atoms with Crippen molar-refractivity contribution in [3.8, 4) is 0 Å². The molecule has 0 N–H and O–H groups in total. The van der Waals surface area contributed by atoms with E-state index in [0.29, 0.717) is 6.08 Å².